The molecule has 0 spiro atoms. The number of carbonyl (C=O) groups excluding carboxylic acids is 2. The van der Waals surface area contributed by atoms with E-state index < -0.39 is 8.07 Å². The van der Waals surface area contributed by atoms with Crippen LogP contribution in [0.3, 0.4) is 0 Å². The van der Waals surface area contributed by atoms with Crippen molar-refractivity contribution in [2.24, 2.45) is 11.8 Å². The van der Waals surface area contributed by atoms with Gasteiger partial charge in [-0.3, -0.25) is 9.59 Å². The Morgan fingerprint density at radius 1 is 1.05 bits per heavy atom. The molecule has 1 fully saturated rings. The number of fused-ring (bicyclic) bond motifs is 1. The van der Waals surface area contributed by atoms with Crippen LogP contribution in [0.1, 0.15) is 12.8 Å². The van der Waals surface area contributed by atoms with Gasteiger partial charge in [0, 0.05) is 18.8 Å². The van der Waals surface area contributed by atoms with Crippen LogP contribution in [0, 0.1) is 11.8 Å². The number of carbonyl (C=O) groups is 2. The highest BCUT2D eigenvalue weighted by atomic mass is 28.3. The van der Waals surface area contributed by atoms with Gasteiger partial charge in [0.25, 0.3) is 0 Å². The van der Waals surface area contributed by atoms with Crippen LogP contribution in [0.5, 0.6) is 0 Å². The zero-order valence-electron chi connectivity index (χ0n) is 12.0. The largest absolute Gasteiger partial charge is 0.299 e. The van der Waals surface area contributed by atoms with Crippen molar-refractivity contribution < 1.29 is 9.59 Å². The number of ketones is 2. The zero-order valence-corrected chi connectivity index (χ0v) is 13.0. The minimum Gasteiger partial charge on any atom is -0.299 e. The fourth-order valence-corrected chi connectivity index (χ4v) is 7.34. The summed E-state index contributed by atoms with van der Waals surface area (Å²) in [4.78, 5) is 23.8. The highest BCUT2D eigenvalue weighted by molar-refractivity contribution is 6.91. The van der Waals surface area contributed by atoms with Gasteiger partial charge in [0.05, 0.1) is 8.07 Å². The molecule has 1 saturated carbocycles. The molecule has 2 nitrogen and oxygen atoms in total. The molecule has 0 N–H and O–H groups in total. The summed E-state index contributed by atoms with van der Waals surface area (Å²) in [5.41, 5.74) is 0.423. The molecule has 2 aliphatic carbocycles. The van der Waals surface area contributed by atoms with Gasteiger partial charge >= 0.3 is 0 Å². The predicted octanol–water partition coefficient (Wildman–Crippen LogP) is 2.71. The van der Waals surface area contributed by atoms with Gasteiger partial charge in [0.1, 0.15) is 5.78 Å². The lowest BCUT2D eigenvalue weighted by molar-refractivity contribution is -0.125. The van der Waals surface area contributed by atoms with Crippen LogP contribution < -0.4 is 5.19 Å². The monoisotopic (exact) mass is 284 g/mol. The summed E-state index contributed by atoms with van der Waals surface area (Å²) in [5, 5.41) is 1.41. The summed E-state index contributed by atoms with van der Waals surface area (Å²) in [6.45, 7) is 4.71. The van der Waals surface area contributed by atoms with Gasteiger partial charge in [0.2, 0.25) is 0 Å². The number of rotatable bonds is 2. The van der Waals surface area contributed by atoms with E-state index in [4.69, 9.17) is 0 Å². The third kappa shape index (κ3) is 2.10. The minimum absolute atomic E-state index is 0.0482. The molecule has 0 unspecified atom stereocenters. The van der Waals surface area contributed by atoms with Crippen molar-refractivity contribution in [2.75, 3.05) is 0 Å². The van der Waals surface area contributed by atoms with Crippen molar-refractivity contribution in [3.63, 3.8) is 0 Å². The maximum Gasteiger partial charge on any atom is 0.156 e. The van der Waals surface area contributed by atoms with Crippen LogP contribution in [-0.2, 0) is 9.59 Å². The maximum atomic E-state index is 12.3. The van der Waals surface area contributed by atoms with Crippen LogP contribution in [0.4, 0.5) is 0 Å². The predicted molar refractivity (Wildman–Crippen MR) is 82.7 cm³/mol. The van der Waals surface area contributed by atoms with Gasteiger partial charge in [-0.25, -0.2) is 0 Å². The molecule has 0 aromatic heterocycles. The Morgan fingerprint density at radius 2 is 1.75 bits per heavy atom. The Bertz CT molecular complexity index is 574. The highest BCUT2D eigenvalue weighted by Crippen LogP contribution is 2.48. The van der Waals surface area contributed by atoms with Gasteiger partial charge in [-0.05, 0) is 17.5 Å². The molecule has 0 amide bonds. The SMILES string of the molecule is C[Si](C)(c1ccccc1)[C@H]1CC(=O)[C@@H]2CC(=O)C=C[C@@H]21. The third-order valence-corrected chi connectivity index (χ3v) is 9.40. The first kappa shape index (κ1) is 13.5. The lowest BCUT2D eigenvalue weighted by atomic mass is 9.86. The fraction of sp³-hybridized carbons (Fsp3) is 0.412. The van der Waals surface area contributed by atoms with Gasteiger partial charge in [0.15, 0.2) is 5.78 Å². The Kier molecular flexibility index (Phi) is 3.25. The molecule has 0 saturated heterocycles. The Morgan fingerprint density at radius 3 is 2.45 bits per heavy atom. The maximum absolute atomic E-state index is 12.3. The van der Waals surface area contributed by atoms with E-state index in [1.54, 1.807) is 6.08 Å². The lowest BCUT2D eigenvalue weighted by Gasteiger charge is -2.35. The molecule has 0 radical (unpaired) electrons. The second kappa shape index (κ2) is 4.81. The van der Waals surface area contributed by atoms with Crippen molar-refractivity contribution in [3.8, 4) is 0 Å². The Hall–Kier alpha value is -1.48. The van der Waals surface area contributed by atoms with Gasteiger partial charge in [-0.1, -0.05) is 54.7 Å². The topological polar surface area (TPSA) is 34.1 Å². The van der Waals surface area contributed by atoms with E-state index in [1.807, 2.05) is 12.1 Å². The van der Waals surface area contributed by atoms with Crippen molar-refractivity contribution >= 4 is 24.8 Å². The van der Waals surface area contributed by atoms with E-state index in [0.717, 1.165) is 0 Å². The molecule has 20 heavy (non-hydrogen) atoms. The van der Waals surface area contributed by atoms with Crippen LogP contribution in [0.2, 0.25) is 18.6 Å². The number of hydrogen-bond acceptors (Lipinski definition) is 2. The summed E-state index contributed by atoms with van der Waals surface area (Å²) in [6.07, 6.45) is 4.79. The fourth-order valence-electron chi connectivity index (χ4n) is 3.84. The van der Waals surface area contributed by atoms with E-state index in [0.29, 0.717) is 24.2 Å². The van der Waals surface area contributed by atoms with Crippen molar-refractivity contribution in [1.82, 2.24) is 0 Å². The molecule has 1 aromatic rings. The number of hydrogen-bond donors (Lipinski definition) is 0. The molecule has 3 heteroatoms. The quantitative estimate of drug-likeness (QED) is 0.783. The first-order chi connectivity index (χ1) is 9.50. The van der Waals surface area contributed by atoms with E-state index in [1.165, 1.54) is 5.19 Å². The van der Waals surface area contributed by atoms with E-state index in [9.17, 15) is 9.59 Å². The summed E-state index contributed by atoms with van der Waals surface area (Å²) in [7, 11) is -1.70. The average molecular weight is 284 g/mol. The molecule has 3 rings (SSSR count). The zero-order chi connectivity index (χ0) is 14.3. The third-order valence-electron chi connectivity index (χ3n) is 5.13. The van der Waals surface area contributed by atoms with Crippen LogP contribution in [0.25, 0.3) is 0 Å². The number of allylic oxidation sites excluding steroid dienone is 2. The first-order valence-electron chi connectivity index (χ1n) is 7.29. The van der Waals surface area contributed by atoms with Gasteiger partial charge < -0.3 is 0 Å². The molecular formula is C17H20O2Si. The summed E-state index contributed by atoms with van der Waals surface area (Å²) < 4.78 is 0. The lowest BCUT2D eigenvalue weighted by Crippen LogP contribution is -2.47. The normalized spacial score (nSPS) is 29.6. The molecule has 104 valence electrons. The molecule has 0 aliphatic heterocycles. The number of Topliss-reactive ketones (excluding diaryl/α,β-unsaturated/α-hetero) is 1. The van der Waals surface area contributed by atoms with Crippen LogP contribution in [0.15, 0.2) is 42.5 Å². The summed E-state index contributed by atoms with van der Waals surface area (Å²) in [5.74, 6) is 0.642. The number of benzene rings is 1. The molecule has 0 heterocycles. The van der Waals surface area contributed by atoms with Gasteiger partial charge in [-0.2, -0.15) is 0 Å². The molecule has 3 atom stereocenters. The standard InChI is InChI=1S/C17H20O2Si/c1-20(2,13-6-4-3-5-7-13)17-11-16(19)15-10-12(18)8-9-14(15)17/h3-9,14-15,17H,10-11H2,1-2H3/t14-,15+,17-/m0/s1. The van der Waals surface area contributed by atoms with Crippen LogP contribution >= 0.6 is 0 Å². The van der Waals surface area contributed by atoms with Crippen molar-refractivity contribution in [1.29, 1.82) is 0 Å². The van der Waals surface area contributed by atoms with Crippen LogP contribution in [-0.4, -0.2) is 19.6 Å². The smallest absolute Gasteiger partial charge is 0.156 e. The Labute approximate surface area is 120 Å². The summed E-state index contributed by atoms with van der Waals surface area (Å²) >= 11 is 0. The van der Waals surface area contributed by atoms with Gasteiger partial charge in [-0.15, -0.1) is 0 Å². The van der Waals surface area contributed by atoms with Crippen molar-refractivity contribution in [3.05, 3.63) is 42.5 Å². The second-order valence-electron chi connectivity index (χ2n) is 6.58. The van der Waals surface area contributed by atoms with E-state index in [-0.39, 0.29) is 17.6 Å². The first-order valence-corrected chi connectivity index (χ1v) is 10.4. The summed E-state index contributed by atoms with van der Waals surface area (Å²) in [6, 6.07) is 10.6. The molecule has 0 bridgehead atoms. The second-order valence-corrected chi connectivity index (χ2v) is 11.3. The molecule has 1 aromatic carbocycles. The molecule has 2 aliphatic rings. The van der Waals surface area contributed by atoms with E-state index >= 15 is 0 Å². The highest BCUT2D eigenvalue weighted by Gasteiger charge is 2.50. The van der Waals surface area contributed by atoms with E-state index in [2.05, 4.69) is 37.4 Å². The average Bonchev–Trinajstić information content (AvgIpc) is 2.77. The Balaban J connectivity index is 1.96. The van der Waals surface area contributed by atoms with Crippen molar-refractivity contribution in [2.45, 2.75) is 31.5 Å². The molecular weight excluding hydrogens is 264 g/mol. The minimum atomic E-state index is -1.70.